The maximum absolute atomic E-state index is 13.6. The molecule has 0 aromatic heterocycles. The van der Waals surface area contributed by atoms with Gasteiger partial charge in [-0.25, -0.2) is 8.78 Å². The zero-order chi connectivity index (χ0) is 16.3. The predicted molar refractivity (Wildman–Crippen MR) is 73.7 cm³/mol. The van der Waals surface area contributed by atoms with E-state index in [4.69, 9.17) is 13.7 Å². The molecule has 2 aromatic rings. The van der Waals surface area contributed by atoms with Gasteiger partial charge in [-0.3, -0.25) is 0 Å². The van der Waals surface area contributed by atoms with Crippen LogP contribution < -0.4 is 13.7 Å². The lowest BCUT2D eigenvalue weighted by Crippen LogP contribution is -2.13. The summed E-state index contributed by atoms with van der Waals surface area (Å²) in [6.45, 7) is 0. The van der Waals surface area contributed by atoms with Crippen molar-refractivity contribution in [3.8, 4) is 17.2 Å². The first-order valence-electron chi connectivity index (χ1n) is 5.99. The molecule has 2 rings (SSSR count). The maximum atomic E-state index is 13.6. The second-order valence-electron chi connectivity index (χ2n) is 4.14. The molecule has 0 aliphatic rings. The third kappa shape index (κ3) is 3.28. The second kappa shape index (κ2) is 6.18. The highest BCUT2D eigenvalue weighted by Gasteiger charge is 2.26. The van der Waals surface area contributed by atoms with Gasteiger partial charge in [-0.2, -0.15) is 8.42 Å². The Kier molecular flexibility index (Phi) is 4.51. The zero-order valence-corrected chi connectivity index (χ0v) is 12.5. The van der Waals surface area contributed by atoms with Gasteiger partial charge in [-0.15, -0.1) is 0 Å². The van der Waals surface area contributed by atoms with Crippen LogP contribution in [0.15, 0.2) is 41.3 Å². The van der Waals surface area contributed by atoms with Crippen molar-refractivity contribution in [3.63, 3.8) is 0 Å². The Hall–Kier alpha value is -2.35. The Balaban J connectivity index is 2.45. The molecule has 0 heterocycles. The fourth-order valence-corrected chi connectivity index (χ4v) is 2.77. The van der Waals surface area contributed by atoms with Crippen LogP contribution in [0.1, 0.15) is 0 Å². The lowest BCUT2D eigenvalue weighted by atomic mass is 10.3. The average molecular weight is 330 g/mol. The molecule has 0 spiro atoms. The smallest absolute Gasteiger partial charge is 0.345 e. The number of methoxy groups -OCH3 is 2. The predicted octanol–water partition coefficient (Wildman–Crippen LogP) is 2.75. The molecule has 0 bridgehead atoms. The van der Waals surface area contributed by atoms with E-state index in [2.05, 4.69) is 0 Å². The van der Waals surface area contributed by atoms with Gasteiger partial charge in [0.1, 0.15) is 28.9 Å². The second-order valence-corrected chi connectivity index (χ2v) is 5.62. The summed E-state index contributed by atoms with van der Waals surface area (Å²) in [5, 5.41) is 0. The van der Waals surface area contributed by atoms with Gasteiger partial charge in [0.25, 0.3) is 0 Å². The molecular weight excluding hydrogens is 318 g/mol. The fraction of sp³-hybridized carbons (Fsp3) is 0.143. The minimum absolute atomic E-state index is 0.196. The summed E-state index contributed by atoms with van der Waals surface area (Å²) in [5.41, 5.74) is 0. The summed E-state index contributed by atoms with van der Waals surface area (Å²) >= 11 is 0. The lowest BCUT2D eigenvalue weighted by molar-refractivity contribution is 0.389. The highest BCUT2D eigenvalue weighted by atomic mass is 32.2. The molecule has 0 radical (unpaired) electrons. The molecule has 22 heavy (non-hydrogen) atoms. The van der Waals surface area contributed by atoms with Crippen LogP contribution in [0.2, 0.25) is 0 Å². The minimum Gasteiger partial charge on any atom is -0.496 e. The van der Waals surface area contributed by atoms with Gasteiger partial charge in [-0.05, 0) is 12.1 Å². The van der Waals surface area contributed by atoms with Crippen LogP contribution >= 0.6 is 0 Å². The summed E-state index contributed by atoms with van der Waals surface area (Å²) in [5.74, 6) is -2.15. The maximum Gasteiger partial charge on any atom is 0.345 e. The molecule has 0 atom stereocenters. The van der Waals surface area contributed by atoms with Crippen molar-refractivity contribution in [2.24, 2.45) is 0 Å². The van der Waals surface area contributed by atoms with Gasteiger partial charge >= 0.3 is 10.1 Å². The first-order chi connectivity index (χ1) is 10.4. The van der Waals surface area contributed by atoms with Crippen LogP contribution in [-0.4, -0.2) is 22.6 Å². The Labute approximate surface area is 126 Å². The van der Waals surface area contributed by atoms with Gasteiger partial charge in [0, 0.05) is 18.2 Å². The van der Waals surface area contributed by atoms with Gasteiger partial charge in [0.15, 0.2) is 4.90 Å². The van der Waals surface area contributed by atoms with Crippen LogP contribution in [0, 0.1) is 11.6 Å². The Morgan fingerprint density at radius 3 is 1.77 bits per heavy atom. The molecule has 2 aromatic carbocycles. The molecule has 0 N–H and O–H groups in total. The van der Waals surface area contributed by atoms with E-state index < -0.39 is 26.6 Å². The van der Waals surface area contributed by atoms with E-state index >= 15 is 0 Å². The number of rotatable bonds is 5. The molecule has 8 heteroatoms. The normalized spacial score (nSPS) is 11.1. The van der Waals surface area contributed by atoms with E-state index in [1.165, 1.54) is 32.4 Å². The van der Waals surface area contributed by atoms with Crippen molar-refractivity contribution in [1.29, 1.82) is 0 Å². The molecule has 5 nitrogen and oxygen atoms in total. The highest BCUT2D eigenvalue weighted by Crippen LogP contribution is 2.30. The average Bonchev–Trinajstić information content (AvgIpc) is 2.45. The molecule has 118 valence electrons. The van der Waals surface area contributed by atoms with Gasteiger partial charge in [0.05, 0.1) is 14.2 Å². The number of hydrogen-bond donors (Lipinski definition) is 0. The van der Waals surface area contributed by atoms with Crippen LogP contribution in [0.5, 0.6) is 17.2 Å². The summed E-state index contributed by atoms with van der Waals surface area (Å²) in [4.78, 5) is -1.16. The van der Waals surface area contributed by atoms with Crippen LogP contribution in [0.3, 0.4) is 0 Å². The standard InChI is InChI=1S/C14H12F2O5S/c1-19-9-6-10(20-2)8-11(7-9)21-22(17,18)14-12(15)4-3-5-13(14)16/h3-8H,1-2H3. The van der Waals surface area contributed by atoms with Crippen LogP contribution in [-0.2, 0) is 10.1 Å². The van der Waals surface area contributed by atoms with E-state index in [1.807, 2.05) is 0 Å². The van der Waals surface area contributed by atoms with E-state index in [9.17, 15) is 17.2 Å². The Bertz CT molecular complexity index is 747. The molecular formula is C14H12F2O5S. The third-order valence-electron chi connectivity index (χ3n) is 2.70. The summed E-state index contributed by atoms with van der Waals surface area (Å²) < 4.78 is 66.0. The van der Waals surface area contributed by atoms with Crippen molar-refractivity contribution < 1.29 is 30.9 Å². The summed E-state index contributed by atoms with van der Waals surface area (Å²) in [6.07, 6.45) is 0. The summed E-state index contributed by atoms with van der Waals surface area (Å²) in [7, 11) is -1.96. The molecule has 0 unspecified atom stereocenters. The van der Waals surface area contributed by atoms with Gasteiger partial charge in [0.2, 0.25) is 0 Å². The third-order valence-corrected chi connectivity index (χ3v) is 4.00. The zero-order valence-electron chi connectivity index (χ0n) is 11.7. The Morgan fingerprint density at radius 1 is 0.864 bits per heavy atom. The van der Waals surface area contributed by atoms with Crippen LogP contribution in [0.25, 0.3) is 0 Å². The number of benzene rings is 2. The van der Waals surface area contributed by atoms with E-state index in [0.29, 0.717) is 0 Å². The van der Waals surface area contributed by atoms with Crippen molar-refractivity contribution in [1.82, 2.24) is 0 Å². The first kappa shape index (κ1) is 16.0. The molecule has 0 aliphatic carbocycles. The minimum atomic E-state index is -4.69. The van der Waals surface area contributed by atoms with Crippen molar-refractivity contribution in [2.45, 2.75) is 4.90 Å². The quantitative estimate of drug-likeness (QED) is 0.789. The summed E-state index contributed by atoms with van der Waals surface area (Å²) in [6, 6.07) is 6.69. The fourth-order valence-electron chi connectivity index (χ4n) is 1.72. The van der Waals surface area contributed by atoms with E-state index in [-0.39, 0.29) is 17.2 Å². The Morgan fingerprint density at radius 2 is 1.32 bits per heavy atom. The molecule has 0 saturated heterocycles. The van der Waals surface area contributed by atoms with Gasteiger partial charge in [-0.1, -0.05) is 6.07 Å². The highest BCUT2D eigenvalue weighted by molar-refractivity contribution is 7.87. The molecule has 0 aliphatic heterocycles. The number of hydrogen-bond acceptors (Lipinski definition) is 5. The van der Waals surface area contributed by atoms with Crippen molar-refractivity contribution >= 4 is 10.1 Å². The van der Waals surface area contributed by atoms with Crippen molar-refractivity contribution in [3.05, 3.63) is 48.0 Å². The topological polar surface area (TPSA) is 61.8 Å². The van der Waals surface area contributed by atoms with Crippen LogP contribution in [0.4, 0.5) is 8.78 Å². The van der Waals surface area contributed by atoms with Crippen molar-refractivity contribution in [2.75, 3.05) is 14.2 Å². The molecule has 0 fully saturated rings. The SMILES string of the molecule is COc1cc(OC)cc(OS(=O)(=O)c2c(F)cccc2F)c1. The number of halogens is 2. The molecule has 0 saturated carbocycles. The van der Waals surface area contributed by atoms with E-state index in [0.717, 1.165) is 18.2 Å². The monoisotopic (exact) mass is 330 g/mol. The van der Waals surface area contributed by atoms with Gasteiger partial charge < -0.3 is 13.7 Å². The van der Waals surface area contributed by atoms with E-state index in [1.54, 1.807) is 0 Å². The molecule has 0 amide bonds. The first-order valence-corrected chi connectivity index (χ1v) is 7.40. The lowest BCUT2D eigenvalue weighted by Gasteiger charge is -2.11. The number of ether oxygens (including phenoxy) is 2. The largest absolute Gasteiger partial charge is 0.496 e.